The van der Waals surface area contributed by atoms with E-state index in [1.807, 2.05) is 6.92 Å². The lowest BCUT2D eigenvalue weighted by Crippen LogP contribution is -2.37. The molecule has 0 radical (unpaired) electrons. The summed E-state index contributed by atoms with van der Waals surface area (Å²) in [6.07, 6.45) is 0.587. The predicted molar refractivity (Wildman–Crippen MR) is 45.7 cm³/mol. The standard InChI is InChI=1S/C7H10N2OS/c1-5-4-6(10)9-2-3-11-7(9)8-5/h5H,2-4H2,1H3/t5-/m0/s1. The van der Waals surface area contributed by atoms with Gasteiger partial charge in [0, 0.05) is 18.7 Å². The van der Waals surface area contributed by atoms with Crippen LogP contribution in [0.1, 0.15) is 13.3 Å². The van der Waals surface area contributed by atoms with Crippen molar-refractivity contribution in [3.8, 4) is 0 Å². The van der Waals surface area contributed by atoms with Crippen LogP contribution >= 0.6 is 11.8 Å². The van der Waals surface area contributed by atoms with Crippen LogP contribution in [0, 0.1) is 0 Å². The molecule has 2 rings (SSSR count). The molecule has 1 fully saturated rings. The summed E-state index contributed by atoms with van der Waals surface area (Å²) in [6.45, 7) is 2.84. The van der Waals surface area contributed by atoms with Crippen LogP contribution < -0.4 is 0 Å². The molecule has 4 heteroatoms. The highest BCUT2D eigenvalue weighted by molar-refractivity contribution is 8.14. The first-order valence-electron chi connectivity index (χ1n) is 3.78. The fourth-order valence-electron chi connectivity index (χ4n) is 1.34. The number of carbonyl (C=O) groups excluding carboxylic acids is 1. The Morgan fingerprint density at radius 2 is 2.55 bits per heavy atom. The minimum Gasteiger partial charge on any atom is -0.291 e. The van der Waals surface area contributed by atoms with E-state index in [4.69, 9.17) is 0 Å². The molecule has 11 heavy (non-hydrogen) atoms. The zero-order valence-electron chi connectivity index (χ0n) is 6.41. The number of hydrogen-bond acceptors (Lipinski definition) is 3. The molecule has 2 aliphatic heterocycles. The third-order valence-corrected chi connectivity index (χ3v) is 2.85. The van der Waals surface area contributed by atoms with Gasteiger partial charge in [-0.05, 0) is 6.92 Å². The van der Waals surface area contributed by atoms with Crippen molar-refractivity contribution in [1.29, 1.82) is 0 Å². The van der Waals surface area contributed by atoms with Crippen LogP contribution in [-0.2, 0) is 4.79 Å². The maximum atomic E-state index is 11.3. The molecule has 3 nitrogen and oxygen atoms in total. The maximum Gasteiger partial charge on any atom is 0.230 e. The number of amidine groups is 1. The lowest BCUT2D eigenvalue weighted by atomic mass is 10.2. The predicted octanol–water partition coefficient (Wildman–Crippen LogP) is 0.710. The van der Waals surface area contributed by atoms with Crippen molar-refractivity contribution in [2.45, 2.75) is 19.4 Å². The Bertz CT molecular complexity index is 226. The fraction of sp³-hybridized carbons (Fsp3) is 0.714. The average molecular weight is 170 g/mol. The summed E-state index contributed by atoms with van der Waals surface area (Å²) in [4.78, 5) is 17.5. The minimum atomic E-state index is 0.194. The van der Waals surface area contributed by atoms with E-state index in [0.29, 0.717) is 6.42 Å². The number of hydrogen-bond donors (Lipinski definition) is 0. The first-order chi connectivity index (χ1) is 5.27. The Kier molecular flexibility index (Phi) is 1.64. The highest BCUT2D eigenvalue weighted by Gasteiger charge is 2.30. The van der Waals surface area contributed by atoms with Crippen molar-refractivity contribution < 1.29 is 4.79 Å². The molecule has 0 aromatic carbocycles. The zero-order chi connectivity index (χ0) is 7.84. The summed E-state index contributed by atoms with van der Waals surface area (Å²) in [5.41, 5.74) is 0. The highest BCUT2D eigenvalue weighted by Crippen LogP contribution is 2.24. The first-order valence-corrected chi connectivity index (χ1v) is 4.77. The zero-order valence-corrected chi connectivity index (χ0v) is 7.23. The van der Waals surface area contributed by atoms with E-state index < -0.39 is 0 Å². The molecule has 0 spiro atoms. The molecule has 60 valence electrons. The van der Waals surface area contributed by atoms with Gasteiger partial charge in [-0.15, -0.1) is 0 Å². The molecule has 0 unspecified atom stereocenters. The van der Waals surface area contributed by atoms with Gasteiger partial charge < -0.3 is 0 Å². The van der Waals surface area contributed by atoms with Gasteiger partial charge in [0.05, 0.1) is 6.04 Å². The van der Waals surface area contributed by atoms with Crippen molar-refractivity contribution in [2.75, 3.05) is 12.3 Å². The van der Waals surface area contributed by atoms with Crippen LogP contribution in [0.2, 0.25) is 0 Å². The van der Waals surface area contributed by atoms with Crippen molar-refractivity contribution >= 4 is 22.8 Å². The Morgan fingerprint density at radius 3 is 3.36 bits per heavy atom. The van der Waals surface area contributed by atoms with Gasteiger partial charge in [-0.1, -0.05) is 11.8 Å². The van der Waals surface area contributed by atoms with Gasteiger partial charge in [0.25, 0.3) is 0 Å². The van der Waals surface area contributed by atoms with Gasteiger partial charge in [-0.3, -0.25) is 14.7 Å². The second kappa shape index (κ2) is 2.52. The lowest BCUT2D eigenvalue weighted by Gasteiger charge is -2.22. The number of nitrogens with zero attached hydrogens (tertiary/aromatic N) is 2. The van der Waals surface area contributed by atoms with E-state index in [1.165, 1.54) is 0 Å². The smallest absolute Gasteiger partial charge is 0.230 e. The van der Waals surface area contributed by atoms with E-state index >= 15 is 0 Å². The summed E-state index contributed by atoms with van der Waals surface area (Å²) >= 11 is 1.69. The SMILES string of the molecule is C[C@H]1CC(=O)N2CCSC2=N1. The maximum absolute atomic E-state index is 11.3. The topological polar surface area (TPSA) is 32.7 Å². The van der Waals surface area contributed by atoms with Gasteiger partial charge in [-0.2, -0.15) is 0 Å². The van der Waals surface area contributed by atoms with Gasteiger partial charge in [0.2, 0.25) is 5.91 Å². The van der Waals surface area contributed by atoms with Crippen LogP contribution in [0.15, 0.2) is 4.99 Å². The summed E-state index contributed by atoms with van der Waals surface area (Å²) < 4.78 is 0. The van der Waals surface area contributed by atoms with E-state index in [2.05, 4.69) is 4.99 Å². The second-order valence-corrected chi connectivity index (χ2v) is 3.92. The minimum absolute atomic E-state index is 0.194. The molecule has 2 heterocycles. The summed E-state index contributed by atoms with van der Waals surface area (Å²) in [5.74, 6) is 1.25. The molecule has 0 N–H and O–H groups in total. The van der Waals surface area contributed by atoms with E-state index in [1.54, 1.807) is 16.7 Å². The molecule has 0 bridgehead atoms. The number of aliphatic imine (C=N–C) groups is 1. The van der Waals surface area contributed by atoms with Crippen LogP contribution in [0.3, 0.4) is 0 Å². The molecule has 0 saturated carbocycles. The van der Waals surface area contributed by atoms with E-state index in [0.717, 1.165) is 17.5 Å². The molecular formula is C7H10N2OS. The van der Waals surface area contributed by atoms with Crippen molar-refractivity contribution in [1.82, 2.24) is 4.90 Å². The third kappa shape index (κ3) is 1.15. The molecule has 0 aliphatic carbocycles. The normalized spacial score (nSPS) is 30.3. The highest BCUT2D eigenvalue weighted by atomic mass is 32.2. The number of thioether (sulfide) groups is 1. The number of carbonyl (C=O) groups is 1. The Labute approximate surface area is 69.9 Å². The molecular weight excluding hydrogens is 160 g/mol. The van der Waals surface area contributed by atoms with E-state index in [-0.39, 0.29) is 11.9 Å². The van der Waals surface area contributed by atoms with Crippen LogP contribution in [0.4, 0.5) is 0 Å². The number of amides is 1. The average Bonchev–Trinajstić information content (AvgIpc) is 2.34. The Balaban J connectivity index is 2.27. The molecule has 0 aromatic rings. The summed E-state index contributed by atoms with van der Waals surface area (Å²) in [5, 5.41) is 0.939. The largest absolute Gasteiger partial charge is 0.291 e. The monoisotopic (exact) mass is 170 g/mol. The summed E-state index contributed by atoms with van der Waals surface area (Å²) in [6, 6.07) is 0.194. The molecule has 1 atom stereocenters. The lowest BCUT2D eigenvalue weighted by molar-refractivity contribution is -0.127. The number of rotatable bonds is 0. The van der Waals surface area contributed by atoms with Crippen molar-refractivity contribution in [3.63, 3.8) is 0 Å². The quantitative estimate of drug-likeness (QED) is 0.536. The number of fused-ring (bicyclic) bond motifs is 1. The van der Waals surface area contributed by atoms with Gasteiger partial charge in [0.15, 0.2) is 5.17 Å². The van der Waals surface area contributed by atoms with Crippen molar-refractivity contribution in [2.24, 2.45) is 4.99 Å². The van der Waals surface area contributed by atoms with Crippen LogP contribution in [0.5, 0.6) is 0 Å². The Hall–Kier alpha value is -0.510. The van der Waals surface area contributed by atoms with Crippen LogP contribution in [0.25, 0.3) is 0 Å². The molecule has 0 aromatic heterocycles. The molecule has 1 saturated heterocycles. The van der Waals surface area contributed by atoms with Gasteiger partial charge in [-0.25, -0.2) is 0 Å². The Morgan fingerprint density at radius 1 is 1.73 bits per heavy atom. The fourth-order valence-corrected chi connectivity index (χ4v) is 2.40. The summed E-state index contributed by atoms with van der Waals surface area (Å²) in [7, 11) is 0. The van der Waals surface area contributed by atoms with E-state index in [9.17, 15) is 4.79 Å². The second-order valence-electron chi connectivity index (χ2n) is 2.86. The third-order valence-electron chi connectivity index (χ3n) is 1.88. The molecule has 1 amide bonds. The molecule has 2 aliphatic rings. The van der Waals surface area contributed by atoms with Gasteiger partial charge in [0.1, 0.15) is 0 Å². The van der Waals surface area contributed by atoms with Crippen molar-refractivity contribution in [3.05, 3.63) is 0 Å². The first kappa shape index (κ1) is 7.16. The van der Waals surface area contributed by atoms with Crippen LogP contribution in [-0.4, -0.2) is 34.3 Å². The van der Waals surface area contributed by atoms with Gasteiger partial charge >= 0.3 is 0 Å².